The van der Waals surface area contributed by atoms with E-state index in [1.165, 1.54) is 11.1 Å². The molecular formula is C14H18N4. The van der Waals surface area contributed by atoms with Crippen molar-refractivity contribution in [3.05, 3.63) is 71.8 Å². The van der Waals surface area contributed by atoms with E-state index in [-0.39, 0.29) is 0 Å². The molecule has 0 aromatic heterocycles. The lowest BCUT2D eigenvalue weighted by Gasteiger charge is -1.97. The van der Waals surface area contributed by atoms with Gasteiger partial charge >= 0.3 is 0 Å². The first kappa shape index (κ1) is 12.7. The molecule has 1 saturated heterocycles. The van der Waals surface area contributed by atoms with Gasteiger partial charge in [0, 0.05) is 0 Å². The molecule has 18 heavy (non-hydrogen) atoms. The third-order valence-electron chi connectivity index (χ3n) is 3.13. The molecule has 2 aromatic carbocycles. The Morgan fingerprint density at radius 1 is 0.667 bits per heavy atom. The van der Waals surface area contributed by atoms with Gasteiger partial charge in [-0.2, -0.15) is 0 Å². The first-order valence-corrected chi connectivity index (χ1v) is 5.84. The van der Waals surface area contributed by atoms with Gasteiger partial charge in [-0.1, -0.05) is 60.7 Å². The quantitative estimate of drug-likeness (QED) is 0.423. The Morgan fingerprint density at radius 2 is 1.00 bits per heavy atom. The molecule has 0 spiro atoms. The monoisotopic (exact) mass is 242 g/mol. The molecule has 2 aromatic rings. The van der Waals surface area contributed by atoms with Crippen LogP contribution in [0.2, 0.25) is 0 Å². The summed E-state index contributed by atoms with van der Waals surface area (Å²) in [6, 6.07) is 21.5. The lowest BCUT2D eigenvalue weighted by molar-refractivity contribution is 0.516. The highest BCUT2D eigenvalue weighted by atomic mass is 15.6. The highest BCUT2D eigenvalue weighted by molar-refractivity contribution is 5.33. The predicted molar refractivity (Wildman–Crippen MR) is 72.8 cm³/mol. The van der Waals surface area contributed by atoms with E-state index in [2.05, 4.69) is 60.2 Å². The van der Waals surface area contributed by atoms with E-state index in [1.807, 2.05) is 17.1 Å². The van der Waals surface area contributed by atoms with Crippen LogP contribution >= 0.6 is 0 Å². The van der Waals surface area contributed by atoms with Crippen LogP contribution in [0.25, 0.3) is 0 Å². The van der Waals surface area contributed by atoms with Crippen molar-refractivity contribution < 1.29 is 0 Å². The van der Waals surface area contributed by atoms with Gasteiger partial charge in [-0.3, -0.25) is 17.5 Å². The van der Waals surface area contributed by atoms with Gasteiger partial charge < -0.3 is 0 Å². The predicted octanol–water partition coefficient (Wildman–Crippen LogP) is 1.48. The van der Waals surface area contributed by atoms with Gasteiger partial charge in [0.25, 0.3) is 0 Å². The average molecular weight is 242 g/mol. The minimum atomic E-state index is 0.337. The second-order valence-corrected chi connectivity index (χ2v) is 4.16. The van der Waals surface area contributed by atoms with Crippen LogP contribution < -0.4 is 17.5 Å². The number of hydrogen-bond acceptors (Lipinski definition) is 4. The molecule has 1 aliphatic heterocycles. The molecule has 0 unspecified atom stereocenters. The summed E-state index contributed by atoms with van der Waals surface area (Å²) < 4.78 is 0. The summed E-state index contributed by atoms with van der Waals surface area (Å²) in [4.78, 5) is 0. The summed E-state index contributed by atoms with van der Waals surface area (Å²) in [7, 11) is 0. The van der Waals surface area contributed by atoms with Crippen molar-refractivity contribution in [3.63, 3.8) is 0 Å². The number of hydrogen-bond donors (Lipinski definition) is 3. The van der Waals surface area contributed by atoms with Crippen molar-refractivity contribution in [2.75, 3.05) is 0 Å². The van der Waals surface area contributed by atoms with Crippen LogP contribution in [0, 0.1) is 0 Å². The van der Waals surface area contributed by atoms with E-state index in [4.69, 9.17) is 5.84 Å². The van der Waals surface area contributed by atoms with Crippen LogP contribution in [0.1, 0.15) is 23.2 Å². The molecule has 0 saturated carbocycles. The van der Waals surface area contributed by atoms with Crippen LogP contribution in [-0.4, -0.2) is 5.01 Å². The van der Waals surface area contributed by atoms with Crippen molar-refractivity contribution in [2.24, 2.45) is 17.5 Å². The topological polar surface area (TPSA) is 81.1 Å². The van der Waals surface area contributed by atoms with E-state index < -0.39 is 0 Å². The van der Waals surface area contributed by atoms with E-state index in [0.29, 0.717) is 12.1 Å². The summed E-state index contributed by atoms with van der Waals surface area (Å²) in [5.41, 5.74) is 2.58. The second kappa shape index (κ2) is 5.75. The molecule has 3 rings (SSSR count). The van der Waals surface area contributed by atoms with Crippen molar-refractivity contribution in [1.29, 1.82) is 0 Å². The van der Waals surface area contributed by atoms with E-state index in [0.717, 1.165) is 0 Å². The molecular weight excluding hydrogens is 224 g/mol. The van der Waals surface area contributed by atoms with Crippen molar-refractivity contribution >= 4 is 0 Å². The zero-order valence-corrected chi connectivity index (χ0v) is 10.1. The maximum absolute atomic E-state index is 6.01. The zero-order chi connectivity index (χ0) is 13.0. The van der Waals surface area contributed by atoms with Gasteiger partial charge in [-0.25, -0.2) is 5.01 Å². The number of hydrazine groups is 2. The van der Waals surface area contributed by atoms with E-state index in [9.17, 15) is 0 Å². The lowest BCUT2D eigenvalue weighted by atomic mass is 10.0. The lowest BCUT2D eigenvalue weighted by Crippen LogP contribution is -2.07. The number of benzene rings is 2. The maximum atomic E-state index is 6.01. The fourth-order valence-corrected chi connectivity index (χ4v) is 2.26. The van der Waals surface area contributed by atoms with Crippen LogP contribution in [0.15, 0.2) is 60.7 Å². The normalized spacial score (nSPS) is 24.9. The van der Waals surface area contributed by atoms with Crippen LogP contribution in [0.5, 0.6) is 0 Å². The van der Waals surface area contributed by atoms with Crippen molar-refractivity contribution in [3.8, 4) is 0 Å². The average Bonchev–Trinajstić information content (AvgIpc) is 3.14. The molecule has 94 valence electrons. The fourth-order valence-electron chi connectivity index (χ4n) is 2.26. The Labute approximate surface area is 107 Å². The van der Waals surface area contributed by atoms with Crippen LogP contribution in [0.3, 0.4) is 0 Å². The number of nitrogens with zero attached hydrogens (tertiary/aromatic N) is 1. The Balaban J connectivity index is 0.000000574. The smallest absolute Gasteiger partial charge is 0.0709 e. The molecule has 0 amide bonds. The summed E-state index contributed by atoms with van der Waals surface area (Å²) in [5.74, 6) is 14.0. The number of rotatable bonds is 2. The molecule has 4 nitrogen and oxygen atoms in total. The standard InChI is InChI=1S/C14H14N2.H4N2/c15-16-13(11-7-3-1-4-8-11)14(16)12-9-5-2-6-10-12;1-2/h1-10,13-14H,15H2;1-2H2/t13-,14-;/m0./s1. The summed E-state index contributed by atoms with van der Waals surface area (Å²) in [6.45, 7) is 0. The Morgan fingerprint density at radius 3 is 1.33 bits per heavy atom. The third kappa shape index (κ3) is 2.42. The molecule has 1 fully saturated rings. The largest absolute Gasteiger partial charge is 0.274 e. The van der Waals surface area contributed by atoms with Gasteiger partial charge in [0.15, 0.2) is 0 Å². The van der Waals surface area contributed by atoms with Crippen molar-refractivity contribution in [2.45, 2.75) is 12.1 Å². The summed E-state index contributed by atoms with van der Waals surface area (Å²) in [6.07, 6.45) is 0. The first-order valence-electron chi connectivity index (χ1n) is 5.84. The molecule has 4 heteroatoms. The SMILES string of the molecule is NN.NN1[C@@H](c2ccccc2)[C@@H]1c1ccccc1. The Kier molecular flexibility index (Phi) is 4.07. The first-order chi connectivity index (χ1) is 8.88. The van der Waals surface area contributed by atoms with Crippen LogP contribution in [-0.2, 0) is 0 Å². The Bertz CT molecular complexity index is 426. The highest BCUT2D eigenvalue weighted by Gasteiger charge is 2.47. The molecule has 6 N–H and O–H groups in total. The molecule has 1 heterocycles. The minimum absolute atomic E-state index is 0.337. The summed E-state index contributed by atoms with van der Waals surface area (Å²) >= 11 is 0. The minimum Gasteiger partial charge on any atom is -0.274 e. The molecule has 1 aliphatic rings. The Hall–Kier alpha value is -1.72. The maximum Gasteiger partial charge on any atom is 0.0709 e. The number of nitrogens with two attached hydrogens (primary N) is 3. The zero-order valence-electron chi connectivity index (χ0n) is 10.1. The molecule has 2 atom stereocenters. The van der Waals surface area contributed by atoms with Gasteiger partial charge in [0.05, 0.1) is 12.1 Å². The molecule has 0 bridgehead atoms. The van der Waals surface area contributed by atoms with Gasteiger partial charge in [-0.05, 0) is 11.1 Å². The van der Waals surface area contributed by atoms with E-state index >= 15 is 0 Å². The van der Waals surface area contributed by atoms with Gasteiger partial charge in [0.1, 0.15) is 0 Å². The fraction of sp³-hybridized carbons (Fsp3) is 0.143. The van der Waals surface area contributed by atoms with Gasteiger partial charge in [0.2, 0.25) is 0 Å². The second-order valence-electron chi connectivity index (χ2n) is 4.16. The van der Waals surface area contributed by atoms with E-state index in [1.54, 1.807) is 0 Å². The van der Waals surface area contributed by atoms with Crippen molar-refractivity contribution in [1.82, 2.24) is 5.01 Å². The third-order valence-corrected chi connectivity index (χ3v) is 3.13. The molecule has 0 aliphatic carbocycles. The summed E-state index contributed by atoms with van der Waals surface area (Å²) in [5, 5.41) is 1.91. The molecule has 0 radical (unpaired) electrons. The highest BCUT2D eigenvalue weighted by Crippen LogP contribution is 2.51. The van der Waals surface area contributed by atoms with Crippen LogP contribution in [0.4, 0.5) is 0 Å². The van der Waals surface area contributed by atoms with Gasteiger partial charge in [-0.15, -0.1) is 0 Å².